The van der Waals surface area contributed by atoms with Crippen molar-refractivity contribution in [2.24, 2.45) is 5.92 Å². The maximum Gasteiger partial charge on any atom is 0.0246 e. The zero-order chi connectivity index (χ0) is 11.9. The first-order valence-corrected chi connectivity index (χ1v) is 7.90. The Bertz CT molecular complexity index is 197. The Morgan fingerprint density at radius 1 is 1.06 bits per heavy atom. The quantitative estimate of drug-likeness (QED) is 0.754. The molecule has 0 aromatic rings. The van der Waals surface area contributed by atoms with Crippen LogP contribution in [-0.2, 0) is 0 Å². The number of hydrogen-bond acceptors (Lipinski definition) is 2. The Morgan fingerprint density at radius 3 is 2.82 bits per heavy atom. The monoisotopic (exact) mass is 238 g/mol. The Kier molecular flexibility index (Phi) is 5.79. The van der Waals surface area contributed by atoms with Gasteiger partial charge in [0.2, 0.25) is 0 Å². The predicted molar refractivity (Wildman–Crippen MR) is 73.8 cm³/mol. The van der Waals surface area contributed by atoms with E-state index < -0.39 is 0 Å². The molecule has 0 aromatic heterocycles. The van der Waals surface area contributed by atoms with Crippen LogP contribution in [0.2, 0.25) is 0 Å². The molecule has 2 rings (SSSR count). The Hall–Kier alpha value is -0.0800. The Balaban J connectivity index is 1.87. The lowest BCUT2D eigenvalue weighted by atomic mass is 9.93. The molecule has 1 heterocycles. The minimum atomic E-state index is 0.826. The van der Waals surface area contributed by atoms with Gasteiger partial charge in [-0.15, -0.1) is 0 Å². The summed E-state index contributed by atoms with van der Waals surface area (Å²) in [7, 11) is 0. The summed E-state index contributed by atoms with van der Waals surface area (Å²) in [4.78, 5) is 0. The molecule has 0 amide bonds. The molecule has 1 saturated carbocycles. The third-order valence-electron chi connectivity index (χ3n) is 4.53. The zero-order valence-electron chi connectivity index (χ0n) is 11.6. The van der Waals surface area contributed by atoms with Gasteiger partial charge >= 0.3 is 0 Å². The van der Waals surface area contributed by atoms with Gasteiger partial charge in [0.05, 0.1) is 0 Å². The number of nitrogens with zero attached hydrogens (tertiary/aromatic N) is 1. The minimum Gasteiger partial charge on any atom is -0.255 e. The summed E-state index contributed by atoms with van der Waals surface area (Å²) in [5, 5.41) is 2.60. The average molecular weight is 238 g/mol. The van der Waals surface area contributed by atoms with E-state index in [-0.39, 0.29) is 0 Å². The van der Waals surface area contributed by atoms with Crippen molar-refractivity contribution in [1.82, 2.24) is 10.4 Å². The topological polar surface area (TPSA) is 15.3 Å². The summed E-state index contributed by atoms with van der Waals surface area (Å²) in [5.41, 5.74) is 3.68. The van der Waals surface area contributed by atoms with E-state index in [0.717, 1.165) is 12.0 Å². The van der Waals surface area contributed by atoms with E-state index in [4.69, 9.17) is 0 Å². The summed E-state index contributed by atoms with van der Waals surface area (Å²) in [6, 6.07) is 0.826. The van der Waals surface area contributed by atoms with E-state index in [1.165, 1.54) is 77.3 Å². The maximum atomic E-state index is 3.68. The van der Waals surface area contributed by atoms with Gasteiger partial charge in [-0.3, -0.25) is 5.43 Å². The summed E-state index contributed by atoms with van der Waals surface area (Å²) in [6.45, 7) is 4.82. The van der Waals surface area contributed by atoms with Crippen molar-refractivity contribution in [3.8, 4) is 0 Å². The smallest absolute Gasteiger partial charge is 0.0246 e. The van der Waals surface area contributed by atoms with E-state index in [0.29, 0.717) is 0 Å². The van der Waals surface area contributed by atoms with Gasteiger partial charge in [0.15, 0.2) is 0 Å². The predicted octanol–water partition coefficient (Wildman–Crippen LogP) is 3.73. The summed E-state index contributed by atoms with van der Waals surface area (Å²) < 4.78 is 0. The molecule has 2 nitrogen and oxygen atoms in total. The first-order chi connectivity index (χ1) is 8.40. The standard InChI is InChI=1S/C15H30N2/c1-2-8-14-9-4-5-10-15(13-14)17-12-7-3-6-11-16-17/h14-16H,2-13H2,1H3. The van der Waals surface area contributed by atoms with Crippen molar-refractivity contribution < 1.29 is 0 Å². The van der Waals surface area contributed by atoms with Gasteiger partial charge in [-0.05, 0) is 31.6 Å². The van der Waals surface area contributed by atoms with Crippen molar-refractivity contribution in [2.75, 3.05) is 13.1 Å². The highest BCUT2D eigenvalue weighted by Gasteiger charge is 2.25. The SMILES string of the molecule is CCCC1CCCCC(N2CCCCCN2)C1. The second kappa shape index (κ2) is 7.38. The fourth-order valence-electron chi connectivity index (χ4n) is 3.58. The largest absolute Gasteiger partial charge is 0.255 e. The molecular weight excluding hydrogens is 208 g/mol. The molecule has 0 spiro atoms. The van der Waals surface area contributed by atoms with Gasteiger partial charge in [0.1, 0.15) is 0 Å². The molecule has 2 aliphatic rings. The van der Waals surface area contributed by atoms with E-state index in [9.17, 15) is 0 Å². The Morgan fingerprint density at radius 2 is 1.94 bits per heavy atom. The van der Waals surface area contributed by atoms with Gasteiger partial charge in [-0.25, -0.2) is 5.01 Å². The molecule has 0 bridgehead atoms. The zero-order valence-corrected chi connectivity index (χ0v) is 11.6. The third kappa shape index (κ3) is 4.26. The molecule has 1 aliphatic carbocycles. The fraction of sp³-hybridized carbons (Fsp3) is 1.00. The third-order valence-corrected chi connectivity index (χ3v) is 4.53. The van der Waals surface area contributed by atoms with E-state index >= 15 is 0 Å². The minimum absolute atomic E-state index is 0.826. The van der Waals surface area contributed by atoms with Crippen LogP contribution in [0.25, 0.3) is 0 Å². The van der Waals surface area contributed by atoms with Crippen LogP contribution in [0.4, 0.5) is 0 Å². The van der Waals surface area contributed by atoms with E-state index in [2.05, 4.69) is 17.4 Å². The lowest BCUT2D eigenvalue weighted by Crippen LogP contribution is -2.45. The summed E-state index contributed by atoms with van der Waals surface area (Å²) in [5.74, 6) is 0.998. The second-order valence-corrected chi connectivity index (χ2v) is 5.99. The van der Waals surface area contributed by atoms with Crippen LogP contribution in [-0.4, -0.2) is 24.1 Å². The normalized spacial score (nSPS) is 33.0. The van der Waals surface area contributed by atoms with E-state index in [1.807, 2.05) is 0 Å². The van der Waals surface area contributed by atoms with Crippen molar-refractivity contribution in [1.29, 1.82) is 0 Å². The van der Waals surface area contributed by atoms with Crippen molar-refractivity contribution in [3.63, 3.8) is 0 Å². The Labute approximate surface area is 107 Å². The molecule has 1 saturated heterocycles. The summed E-state index contributed by atoms with van der Waals surface area (Å²) >= 11 is 0. The van der Waals surface area contributed by atoms with Crippen LogP contribution in [0.1, 0.15) is 71.1 Å². The molecular formula is C15H30N2. The van der Waals surface area contributed by atoms with Crippen LogP contribution < -0.4 is 5.43 Å². The number of nitrogens with one attached hydrogen (secondary N) is 1. The van der Waals surface area contributed by atoms with Crippen LogP contribution in [0, 0.1) is 5.92 Å². The highest BCUT2D eigenvalue weighted by molar-refractivity contribution is 4.78. The van der Waals surface area contributed by atoms with Gasteiger partial charge < -0.3 is 0 Å². The summed E-state index contributed by atoms with van der Waals surface area (Å²) in [6.07, 6.45) is 14.2. The van der Waals surface area contributed by atoms with Crippen LogP contribution in [0.3, 0.4) is 0 Å². The van der Waals surface area contributed by atoms with E-state index in [1.54, 1.807) is 0 Å². The molecule has 2 atom stereocenters. The van der Waals surface area contributed by atoms with Gasteiger partial charge in [0, 0.05) is 19.1 Å². The average Bonchev–Trinajstić information content (AvgIpc) is 2.71. The number of rotatable bonds is 3. The molecule has 0 aromatic carbocycles. The maximum absolute atomic E-state index is 3.68. The molecule has 2 unspecified atom stereocenters. The van der Waals surface area contributed by atoms with Gasteiger partial charge in [-0.1, -0.05) is 45.4 Å². The first-order valence-electron chi connectivity index (χ1n) is 7.90. The molecule has 17 heavy (non-hydrogen) atoms. The molecule has 2 heteroatoms. The van der Waals surface area contributed by atoms with Crippen molar-refractivity contribution in [3.05, 3.63) is 0 Å². The molecule has 1 aliphatic heterocycles. The van der Waals surface area contributed by atoms with Crippen LogP contribution in [0.5, 0.6) is 0 Å². The van der Waals surface area contributed by atoms with Crippen LogP contribution in [0.15, 0.2) is 0 Å². The van der Waals surface area contributed by atoms with Crippen molar-refractivity contribution >= 4 is 0 Å². The highest BCUT2D eigenvalue weighted by Crippen LogP contribution is 2.29. The molecule has 100 valence electrons. The van der Waals surface area contributed by atoms with Gasteiger partial charge in [0.25, 0.3) is 0 Å². The fourth-order valence-corrected chi connectivity index (χ4v) is 3.58. The number of hydrazine groups is 1. The lowest BCUT2D eigenvalue weighted by molar-refractivity contribution is 0.109. The molecule has 1 N–H and O–H groups in total. The number of hydrogen-bond donors (Lipinski definition) is 1. The highest BCUT2D eigenvalue weighted by atomic mass is 15.5. The van der Waals surface area contributed by atoms with Crippen molar-refractivity contribution in [2.45, 2.75) is 77.2 Å². The lowest BCUT2D eigenvalue weighted by Gasteiger charge is -2.32. The molecule has 0 radical (unpaired) electrons. The molecule has 2 fully saturated rings. The van der Waals surface area contributed by atoms with Gasteiger partial charge in [-0.2, -0.15) is 0 Å². The first kappa shape index (κ1) is 13.4. The van der Waals surface area contributed by atoms with Crippen LogP contribution >= 0.6 is 0 Å². The second-order valence-electron chi connectivity index (χ2n) is 5.99.